The molecule has 13 aromatic carbocycles. The first-order valence-corrected chi connectivity index (χ1v) is 32.6. The molecule has 0 fully saturated rings. The average Bonchev–Trinajstić information content (AvgIpc) is 1.55. The average molecular weight is 1190 g/mol. The van der Waals surface area contributed by atoms with Gasteiger partial charge in [0.25, 0.3) is 0 Å². The highest BCUT2D eigenvalue weighted by Crippen LogP contribution is 2.56. The van der Waals surface area contributed by atoms with Gasteiger partial charge >= 0.3 is 0 Å². The van der Waals surface area contributed by atoms with Gasteiger partial charge < -0.3 is 14.2 Å². The molecule has 15 rings (SSSR count). The Morgan fingerprint density at radius 3 is 1.42 bits per heavy atom. The maximum Gasteiger partial charge on any atom is 0.119 e. The lowest BCUT2D eigenvalue weighted by Gasteiger charge is -2.34. The predicted molar refractivity (Wildman–Crippen MR) is 391 cm³/mol. The summed E-state index contributed by atoms with van der Waals surface area (Å²) in [6.45, 7) is 8.60. The van der Waals surface area contributed by atoms with Crippen molar-refractivity contribution in [1.29, 1.82) is 0 Å². The zero-order chi connectivity index (χ0) is 61.8. The minimum absolute atomic E-state index is 0.332. The Balaban J connectivity index is 0.709. The molecule has 1 aliphatic rings. The van der Waals surface area contributed by atoms with Gasteiger partial charge in [0.1, 0.15) is 5.75 Å². The Hall–Kier alpha value is -11.0. The van der Waals surface area contributed by atoms with Gasteiger partial charge in [-0.2, -0.15) is 0 Å². The molecule has 14 aromatic rings. The maximum atomic E-state index is 6.35. The van der Waals surface area contributed by atoms with Crippen LogP contribution in [0.5, 0.6) is 5.75 Å². The summed E-state index contributed by atoms with van der Waals surface area (Å²) in [7, 11) is 0. The zero-order valence-electron chi connectivity index (χ0n) is 51.9. The summed E-state index contributed by atoms with van der Waals surface area (Å²) < 4.78 is 8.75. The van der Waals surface area contributed by atoms with Crippen molar-refractivity contribution in [2.75, 3.05) is 11.5 Å². The molecule has 1 aliphatic carbocycles. The molecular formula is C89H72N2O. The van der Waals surface area contributed by atoms with Gasteiger partial charge in [-0.05, 0) is 198 Å². The normalized spacial score (nSPS) is 13.3. The molecule has 1 heterocycles. The Morgan fingerprint density at radius 2 is 0.804 bits per heavy atom. The number of anilines is 3. The van der Waals surface area contributed by atoms with E-state index in [1.54, 1.807) is 0 Å². The molecule has 1 atom stereocenters. The lowest BCUT2D eigenvalue weighted by Crippen LogP contribution is -2.27. The molecule has 0 N–H and O–H groups in total. The third-order valence-electron chi connectivity index (χ3n) is 19.1. The van der Waals surface area contributed by atoms with Gasteiger partial charge in [0.15, 0.2) is 0 Å². The molecular weight excluding hydrogens is 1110 g/mol. The van der Waals surface area contributed by atoms with Crippen molar-refractivity contribution in [2.45, 2.75) is 50.4 Å². The molecule has 0 saturated heterocycles. The summed E-state index contributed by atoms with van der Waals surface area (Å²) in [4.78, 5) is 2.46. The fraction of sp³-hybridized carbons (Fsp3) is 0.101. The first-order chi connectivity index (χ1) is 45.5. The van der Waals surface area contributed by atoms with Crippen LogP contribution in [0, 0.1) is 0 Å². The Kier molecular flexibility index (Phi) is 15.9. The SMILES string of the molecule is C=Cc1ccc(-c2ccc3cc(OCCCCCCCCC4(c5ccccc5)c5ccccc5-c5ccc(N(c6ccc(-c7ccccc7)cc6)c6ccc(-c7ccc8c(c7)c7cc(-c9ccc(C=C)cc9)ccc7n8-c7ccccc7)cc6)cc54)ccc3c2)cc1. The zero-order valence-corrected chi connectivity index (χ0v) is 51.9. The Labute approximate surface area is 541 Å². The minimum atomic E-state index is -0.332. The van der Waals surface area contributed by atoms with Crippen molar-refractivity contribution in [1.82, 2.24) is 4.57 Å². The summed E-state index contributed by atoms with van der Waals surface area (Å²) in [6, 6.07) is 112. The Bertz CT molecular complexity index is 4950. The number of nitrogens with zero attached hydrogens (tertiary/aromatic N) is 2. The number of unbranched alkanes of at least 4 members (excludes halogenated alkanes) is 5. The van der Waals surface area contributed by atoms with Gasteiger partial charge in [-0.15, -0.1) is 0 Å². The van der Waals surface area contributed by atoms with Crippen molar-refractivity contribution in [3.8, 4) is 67.1 Å². The number of rotatable bonds is 21. The van der Waals surface area contributed by atoms with Crippen LogP contribution in [-0.2, 0) is 5.41 Å². The van der Waals surface area contributed by atoms with Crippen molar-refractivity contribution in [3.63, 3.8) is 0 Å². The van der Waals surface area contributed by atoms with E-state index in [9.17, 15) is 0 Å². The smallest absolute Gasteiger partial charge is 0.119 e. The number of benzene rings is 13. The summed E-state index contributed by atoms with van der Waals surface area (Å²) in [5.41, 5.74) is 25.0. The van der Waals surface area contributed by atoms with E-state index in [0.29, 0.717) is 0 Å². The second-order valence-corrected chi connectivity index (χ2v) is 24.6. The van der Waals surface area contributed by atoms with Crippen LogP contribution in [0.2, 0.25) is 0 Å². The highest BCUT2D eigenvalue weighted by molar-refractivity contribution is 6.12. The number of hydrogen-bond donors (Lipinski definition) is 0. The van der Waals surface area contributed by atoms with E-state index in [1.807, 2.05) is 12.2 Å². The fourth-order valence-electron chi connectivity index (χ4n) is 14.4. The van der Waals surface area contributed by atoms with Crippen molar-refractivity contribution < 1.29 is 4.74 Å². The van der Waals surface area contributed by atoms with E-state index in [4.69, 9.17) is 4.74 Å². The molecule has 1 aromatic heterocycles. The molecule has 0 amide bonds. The van der Waals surface area contributed by atoms with Gasteiger partial charge in [0.05, 0.1) is 17.6 Å². The summed E-state index contributed by atoms with van der Waals surface area (Å²) in [6.07, 6.45) is 11.6. The van der Waals surface area contributed by atoms with Crippen molar-refractivity contribution in [3.05, 3.63) is 344 Å². The van der Waals surface area contributed by atoms with Crippen LogP contribution in [0.3, 0.4) is 0 Å². The van der Waals surface area contributed by atoms with Crippen LogP contribution in [0.1, 0.15) is 72.8 Å². The highest BCUT2D eigenvalue weighted by atomic mass is 16.5. The molecule has 0 bridgehead atoms. The van der Waals surface area contributed by atoms with E-state index in [2.05, 4.69) is 326 Å². The number of hydrogen-bond acceptors (Lipinski definition) is 2. The lowest BCUT2D eigenvalue weighted by atomic mass is 9.69. The number of fused-ring (bicyclic) bond motifs is 7. The van der Waals surface area contributed by atoms with Crippen LogP contribution in [0.4, 0.5) is 17.1 Å². The third-order valence-corrected chi connectivity index (χ3v) is 19.1. The largest absolute Gasteiger partial charge is 0.494 e. The topological polar surface area (TPSA) is 17.4 Å². The van der Waals surface area contributed by atoms with E-state index in [1.165, 1.54) is 112 Å². The predicted octanol–water partition coefficient (Wildman–Crippen LogP) is 24.5. The monoisotopic (exact) mass is 1180 g/mol. The van der Waals surface area contributed by atoms with Gasteiger partial charge in [0, 0.05) is 38.9 Å². The van der Waals surface area contributed by atoms with Gasteiger partial charge in [0.2, 0.25) is 0 Å². The van der Waals surface area contributed by atoms with E-state index < -0.39 is 0 Å². The minimum Gasteiger partial charge on any atom is -0.494 e. The first kappa shape index (κ1) is 57.4. The van der Waals surface area contributed by atoms with E-state index >= 15 is 0 Å². The first-order valence-electron chi connectivity index (χ1n) is 32.6. The van der Waals surface area contributed by atoms with Crippen LogP contribution in [0.15, 0.2) is 316 Å². The molecule has 0 radical (unpaired) electrons. The van der Waals surface area contributed by atoms with Crippen LogP contribution >= 0.6 is 0 Å². The van der Waals surface area contributed by atoms with Crippen LogP contribution in [0.25, 0.3) is 106 Å². The van der Waals surface area contributed by atoms with Gasteiger partial charge in [-0.25, -0.2) is 0 Å². The number of aromatic nitrogens is 1. The molecule has 0 saturated carbocycles. The van der Waals surface area contributed by atoms with Crippen LogP contribution in [-0.4, -0.2) is 11.2 Å². The summed E-state index contributed by atoms with van der Waals surface area (Å²) in [5.74, 6) is 0.935. The quantitative estimate of drug-likeness (QED) is 0.0667. The molecule has 1 unspecified atom stereocenters. The van der Waals surface area contributed by atoms with Crippen LogP contribution < -0.4 is 9.64 Å². The number of para-hydroxylation sites is 1. The number of ether oxygens (including phenoxy) is 1. The van der Waals surface area contributed by atoms with E-state index in [-0.39, 0.29) is 5.41 Å². The highest BCUT2D eigenvalue weighted by Gasteiger charge is 2.44. The summed E-state index contributed by atoms with van der Waals surface area (Å²) >= 11 is 0. The van der Waals surface area contributed by atoms with Crippen molar-refractivity contribution >= 4 is 61.8 Å². The lowest BCUT2D eigenvalue weighted by molar-refractivity contribution is 0.304. The molecule has 3 heteroatoms. The molecule has 0 spiro atoms. The third kappa shape index (κ3) is 11.1. The molecule has 3 nitrogen and oxygen atoms in total. The van der Waals surface area contributed by atoms with Gasteiger partial charge in [-0.1, -0.05) is 270 Å². The summed E-state index contributed by atoms with van der Waals surface area (Å²) in [5, 5.41) is 4.85. The second kappa shape index (κ2) is 25.5. The molecule has 0 aliphatic heterocycles. The molecule has 444 valence electrons. The van der Waals surface area contributed by atoms with Crippen molar-refractivity contribution in [2.24, 2.45) is 0 Å². The second-order valence-electron chi connectivity index (χ2n) is 24.6. The van der Waals surface area contributed by atoms with Gasteiger partial charge in [-0.3, -0.25) is 0 Å². The maximum absolute atomic E-state index is 6.35. The fourth-order valence-corrected chi connectivity index (χ4v) is 14.4. The Morgan fingerprint density at radius 1 is 0.348 bits per heavy atom. The molecule has 92 heavy (non-hydrogen) atoms. The standard InChI is InChI=1S/C89H72N2O/c1-3-63-30-34-67(35-31-63)70-38-39-72-59-80(52-44-71(72)58-70)92-57-21-8-6-5-7-20-56-89(75-24-14-10-15-25-75)85-29-19-18-28-81(85)82-53-51-79(62-86(82)89)90(77-47-40-66(41-48-77)65-22-12-9-13-23-65)78-49-42-69(43-50-78)74-46-55-88-84(61-74)83-60-73(68-36-32-64(4-2)33-37-68)45-54-87(83)91(88)76-26-16-11-17-27-76/h3-4,9-19,22-55,58-62H,1-2,5-8,20-21,56-57H2. The van der Waals surface area contributed by atoms with E-state index in [0.717, 1.165) is 83.9 Å².